The Morgan fingerprint density at radius 3 is 2.14 bits per heavy atom. The molecule has 2 saturated heterocycles. The molecule has 4 nitrogen and oxygen atoms in total. The summed E-state index contributed by atoms with van der Waals surface area (Å²) in [5, 5.41) is 3.49. The Kier molecular flexibility index (Phi) is 5.43. The van der Waals surface area contributed by atoms with Crippen LogP contribution in [0, 0.1) is 5.92 Å². The number of hydrogen-bond donors (Lipinski definition) is 1. The number of piperidine rings is 2. The van der Waals surface area contributed by atoms with E-state index in [1.165, 1.54) is 51.9 Å². The Labute approximate surface area is 135 Å². The van der Waals surface area contributed by atoms with E-state index < -0.39 is 0 Å². The van der Waals surface area contributed by atoms with Crippen molar-refractivity contribution >= 4 is 0 Å². The molecule has 2 aliphatic heterocycles. The first-order valence-electron chi connectivity index (χ1n) is 9.23. The number of nitrogens with zero attached hydrogens (tertiary/aromatic N) is 1. The lowest BCUT2D eigenvalue weighted by Gasteiger charge is -2.49. The number of likely N-dealkylation sites (tertiary alicyclic amines) is 1. The van der Waals surface area contributed by atoms with Crippen LogP contribution in [0.15, 0.2) is 0 Å². The average Bonchev–Trinajstić information content (AvgIpc) is 2.52. The molecule has 0 atom stereocenters. The molecule has 22 heavy (non-hydrogen) atoms. The molecule has 0 unspecified atom stereocenters. The molecule has 0 radical (unpaired) electrons. The first-order chi connectivity index (χ1) is 10.6. The van der Waals surface area contributed by atoms with Crippen LogP contribution >= 0.6 is 0 Å². The van der Waals surface area contributed by atoms with Crippen molar-refractivity contribution in [1.29, 1.82) is 0 Å². The van der Waals surface area contributed by atoms with Crippen molar-refractivity contribution in [2.45, 2.75) is 76.2 Å². The highest BCUT2D eigenvalue weighted by molar-refractivity contribution is 4.93. The molecule has 1 N–H and O–H groups in total. The SMILES string of the molecule is COC1CC(OC2CCN(C(C)(C)C3CCNCC3)CC2)C1. The molecule has 2 heterocycles. The van der Waals surface area contributed by atoms with Crippen molar-refractivity contribution in [1.82, 2.24) is 10.2 Å². The molecule has 0 aromatic heterocycles. The quantitative estimate of drug-likeness (QED) is 0.845. The van der Waals surface area contributed by atoms with E-state index >= 15 is 0 Å². The Bertz CT molecular complexity index is 341. The molecule has 1 aliphatic carbocycles. The van der Waals surface area contributed by atoms with Crippen molar-refractivity contribution in [3.63, 3.8) is 0 Å². The summed E-state index contributed by atoms with van der Waals surface area (Å²) in [4.78, 5) is 2.72. The maximum atomic E-state index is 6.25. The molecule has 4 heteroatoms. The molecule has 3 aliphatic rings. The van der Waals surface area contributed by atoms with Crippen LogP contribution in [0.25, 0.3) is 0 Å². The summed E-state index contributed by atoms with van der Waals surface area (Å²) in [6.07, 6.45) is 8.61. The van der Waals surface area contributed by atoms with Crippen LogP contribution in [-0.4, -0.2) is 62.0 Å². The molecule has 3 fully saturated rings. The molecule has 128 valence electrons. The first kappa shape index (κ1) is 16.7. The van der Waals surface area contributed by atoms with E-state index in [0.29, 0.717) is 23.9 Å². The van der Waals surface area contributed by atoms with Gasteiger partial charge in [0.15, 0.2) is 0 Å². The van der Waals surface area contributed by atoms with E-state index in [-0.39, 0.29) is 0 Å². The predicted molar refractivity (Wildman–Crippen MR) is 89.2 cm³/mol. The van der Waals surface area contributed by atoms with Crippen LogP contribution in [0.2, 0.25) is 0 Å². The van der Waals surface area contributed by atoms with Gasteiger partial charge >= 0.3 is 0 Å². The zero-order valence-corrected chi connectivity index (χ0v) is 14.6. The highest BCUT2D eigenvalue weighted by Gasteiger charge is 2.39. The monoisotopic (exact) mass is 310 g/mol. The van der Waals surface area contributed by atoms with Gasteiger partial charge in [-0.25, -0.2) is 0 Å². The fourth-order valence-corrected chi connectivity index (χ4v) is 4.45. The van der Waals surface area contributed by atoms with Gasteiger partial charge in [-0.2, -0.15) is 0 Å². The standard InChI is InChI=1S/C18H34N2O2/c1-18(2,14-4-8-19-9-5-14)20-10-6-15(7-11-20)22-17-12-16(13-17)21-3/h14-17,19H,4-13H2,1-3H3. The largest absolute Gasteiger partial charge is 0.381 e. The number of methoxy groups -OCH3 is 1. The van der Waals surface area contributed by atoms with Gasteiger partial charge in [0, 0.05) is 25.7 Å². The third-order valence-corrected chi connectivity index (χ3v) is 6.37. The topological polar surface area (TPSA) is 33.7 Å². The van der Waals surface area contributed by atoms with Crippen LogP contribution in [-0.2, 0) is 9.47 Å². The second kappa shape index (κ2) is 7.16. The number of ether oxygens (including phenoxy) is 2. The van der Waals surface area contributed by atoms with Gasteiger partial charge in [0.1, 0.15) is 0 Å². The van der Waals surface area contributed by atoms with Gasteiger partial charge in [-0.1, -0.05) is 0 Å². The van der Waals surface area contributed by atoms with Crippen LogP contribution < -0.4 is 5.32 Å². The highest BCUT2D eigenvalue weighted by Crippen LogP contribution is 2.35. The van der Waals surface area contributed by atoms with Gasteiger partial charge in [0.2, 0.25) is 0 Å². The zero-order valence-electron chi connectivity index (χ0n) is 14.6. The molecular weight excluding hydrogens is 276 g/mol. The van der Waals surface area contributed by atoms with Crippen molar-refractivity contribution in [2.75, 3.05) is 33.3 Å². The van der Waals surface area contributed by atoms with Crippen molar-refractivity contribution in [3.05, 3.63) is 0 Å². The van der Waals surface area contributed by atoms with Crippen LogP contribution in [0.1, 0.15) is 52.4 Å². The smallest absolute Gasteiger partial charge is 0.0628 e. The van der Waals surface area contributed by atoms with E-state index in [1.54, 1.807) is 0 Å². The molecule has 0 amide bonds. The van der Waals surface area contributed by atoms with Gasteiger partial charge < -0.3 is 14.8 Å². The van der Waals surface area contributed by atoms with Crippen molar-refractivity contribution in [2.24, 2.45) is 5.92 Å². The minimum atomic E-state index is 0.338. The summed E-state index contributed by atoms with van der Waals surface area (Å²) >= 11 is 0. The fraction of sp³-hybridized carbons (Fsp3) is 1.00. The molecule has 0 spiro atoms. The third-order valence-electron chi connectivity index (χ3n) is 6.37. The molecular formula is C18H34N2O2. The van der Waals surface area contributed by atoms with Crippen LogP contribution in [0.5, 0.6) is 0 Å². The molecule has 0 aromatic carbocycles. The Balaban J connectivity index is 1.42. The Hall–Kier alpha value is -0.160. The summed E-state index contributed by atoms with van der Waals surface area (Å²) in [5.41, 5.74) is 0.338. The van der Waals surface area contributed by atoms with E-state index in [2.05, 4.69) is 24.1 Å². The Morgan fingerprint density at radius 2 is 1.55 bits per heavy atom. The third kappa shape index (κ3) is 3.66. The summed E-state index contributed by atoms with van der Waals surface area (Å²) < 4.78 is 11.6. The average molecular weight is 310 g/mol. The molecule has 0 bridgehead atoms. The summed E-state index contributed by atoms with van der Waals surface area (Å²) in [7, 11) is 1.81. The maximum absolute atomic E-state index is 6.25. The van der Waals surface area contributed by atoms with E-state index in [1.807, 2.05) is 7.11 Å². The van der Waals surface area contributed by atoms with E-state index in [4.69, 9.17) is 9.47 Å². The van der Waals surface area contributed by atoms with Crippen molar-refractivity contribution in [3.8, 4) is 0 Å². The second-order valence-corrected chi connectivity index (χ2v) is 7.95. The van der Waals surface area contributed by atoms with Gasteiger partial charge in [-0.05, 0) is 71.4 Å². The summed E-state index contributed by atoms with van der Waals surface area (Å²) in [6.45, 7) is 9.69. The number of hydrogen-bond acceptors (Lipinski definition) is 4. The Morgan fingerprint density at radius 1 is 0.909 bits per heavy atom. The van der Waals surface area contributed by atoms with E-state index in [9.17, 15) is 0 Å². The highest BCUT2D eigenvalue weighted by atomic mass is 16.5. The van der Waals surface area contributed by atoms with Gasteiger partial charge in [0.25, 0.3) is 0 Å². The number of rotatable bonds is 5. The maximum Gasteiger partial charge on any atom is 0.0628 e. The predicted octanol–water partition coefficient (Wildman–Crippen LogP) is 2.42. The van der Waals surface area contributed by atoms with E-state index in [0.717, 1.165) is 18.8 Å². The molecule has 1 saturated carbocycles. The second-order valence-electron chi connectivity index (χ2n) is 7.95. The van der Waals surface area contributed by atoms with Gasteiger partial charge in [-0.3, -0.25) is 4.90 Å². The summed E-state index contributed by atoms with van der Waals surface area (Å²) in [5.74, 6) is 0.834. The summed E-state index contributed by atoms with van der Waals surface area (Å²) in [6, 6.07) is 0. The lowest BCUT2D eigenvalue weighted by Crippen LogP contribution is -2.55. The van der Waals surface area contributed by atoms with Crippen LogP contribution in [0.3, 0.4) is 0 Å². The number of nitrogens with one attached hydrogen (secondary N) is 1. The first-order valence-corrected chi connectivity index (χ1v) is 9.23. The molecule has 3 rings (SSSR count). The molecule has 0 aromatic rings. The van der Waals surface area contributed by atoms with Crippen LogP contribution in [0.4, 0.5) is 0 Å². The van der Waals surface area contributed by atoms with Gasteiger partial charge in [0.05, 0.1) is 18.3 Å². The lowest BCUT2D eigenvalue weighted by molar-refractivity contribution is -0.131. The zero-order chi connectivity index (χ0) is 15.6. The minimum absolute atomic E-state index is 0.338. The fourth-order valence-electron chi connectivity index (χ4n) is 4.45. The van der Waals surface area contributed by atoms with Gasteiger partial charge in [-0.15, -0.1) is 0 Å². The van der Waals surface area contributed by atoms with Crippen molar-refractivity contribution < 1.29 is 9.47 Å². The normalized spacial score (nSPS) is 32.9. The lowest BCUT2D eigenvalue weighted by atomic mass is 9.78. The minimum Gasteiger partial charge on any atom is -0.381 e.